The minimum absolute atomic E-state index is 0.101. The van der Waals surface area contributed by atoms with Gasteiger partial charge in [0.25, 0.3) is 0 Å². The maximum atomic E-state index is 8.90. The molecule has 0 aliphatic heterocycles. The first-order valence-electron chi connectivity index (χ1n) is 4.60. The molecule has 0 heterocycles. The first-order chi connectivity index (χ1) is 5.18. The van der Waals surface area contributed by atoms with E-state index in [2.05, 4.69) is 19.9 Å². The molecule has 0 radical (unpaired) electrons. The van der Waals surface area contributed by atoms with Crippen LogP contribution in [0.3, 0.4) is 0 Å². The maximum Gasteiger partial charge on any atom is 0.0689 e. The molecule has 1 saturated carbocycles. The summed E-state index contributed by atoms with van der Waals surface area (Å²) in [4.78, 5) is 0. The molecule has 0 aromatic rings. The van der Waals surface area contributed by atoms with E-state index in [1.807, 2.05) is 0 Å². The number of hydrogen-bond acceptors (Lipinski definition) is 1. The second-order valence-electron chi connectivity index (χ2n) is 4.18. The lowest BCUT2D eigenvalue weighted by Gasteiger charge is -2.35. The molecule has 62 valence electrons. The number of nitriles is 1. The van der Waals surface area contributed by atoms with Gasteiger partial charge in [0.1, 0.15) is 0 Å². The highest BCUT2D eigenvalue weighted by molar-refractivity contribution is 5.04. The van der Waals surface area contributed by atoms with Crippen molar-refractivity contribution in [3.63, 3.8) is 0 Å². The third-order valence-electron chi connectivity index (χ3n) is 2.75. The summed E-state index contributed by atoms with van der Waals surface area (Å²) in [5.41, 5.74) is 0.101. The highest BCUT2D eigenvalue weighted by Crippen LogP contribution is 2.44. The molecule has 1 rings (SSSR count). The minimum Gasteiger partial charge on any atom is -0.198 e. The van der Waals surface area contributed by atoms with Gasteiger partial charge in [-0.05, 0) is 31.6 Å². The molecule has 11 heavy (non-hydrogen) atoms. The molecule has 0 amide bonds. The Morgan fingerprint density at radius 3 is 2.36 bits per heavy atom. The number of rotatable bonds is 3. The van der Waals surface area contributed by atoms with E-state index >= 15 is 0 Å². The predicted molar refractivity (Wildman–Crippen MR) is 46.0 cm³/mol. The van der Waals surface area contributed by atoms with Crippen molar-refractivity contribution in [2.75, 3.05) is 0 Å². The zero-order valence-corrected chi connectivity index (χ0v) is 7.56. The summed E-state index contributed by atoms with van der Waals surface area (Å²) < 4.78 is 0. The molecule has 1 aliphatic carbocycles. The monoisotopic (exact) mass is 151 g/mol. The Balaban J connectivity index is 2.29. The summed E-state index contributed by atoms with van der Waals surface area (Å²) in [5.74, 6) is 0.751. The molecular weight excluding hydrogens is 134 g/mol. The van der Waals surface area contributed by atoms with E-state index in [-0.39, 0.29) is 5.41 Å². The Bertz CT molecular complexity index is 160. The van der Waals surface area contributed by atoms with E-state index in [0.29, 0.717) is 0 Å². The minimum atomic E-state index is 0.101. The second kappa shape index (κ2) is 3.26. The summed E-state index contributed by atoms with van der Waals surface area (Å²) in [6.07, 6.45) is 5.91. The molecule has 0 spiro atoms. The van der Waals surface area contributed by atoms with Gasteiger partial charge in [-0.25, -0.2) is 0 Å². The smallest absolute Gasteiger partial charge is 0.0689 e. The molecule has 0 saturated heterocycles. The standard InChI is InChI=1S/C10H17N/c1-9(2)4-7-10(8-11)5-3-6-10/h9H,3-7H2,1-2H3. The van der Waals surface area contributed by atoms with E-state index < -0.39 is 0 Å². The van der Waals surface area contributed by atoms with Crippen LogP contribution in [-0.2, 0) is 0 Å². The van der Waals surface area contributed by atoms with Crippen LogP contribution >= 0.6 is 0 Å². The third-order valence-corrected chi connectivity index (χ3v) is 2.75. The molecule has 0 N–H and O–H groups in total. The van der Waals surface area contributed by atoms with Gasteiger partial charge in [-0.15, -0.1) is 0 Å². The van der Waals surface area contributed by atoms with E-state index in [4.69, 9.17) is 5.26 Å². The van der Waals surface area contributed by atoms with Gasteiger partial charge in [-0.1, -0.05) is 20.3 Å². The SMILES string of the molecule is CC(C)CCC1(C#N)CCC1. The van der Waals surface area contributed by atoms with Crippen LogP contribution in [0.15, 0.2) is 0 Å². The van der Waals surface area contributed by atoms with Crippen molar-refractivity contribution in [3.8, 4) is 6.07 Å². The van der Waals surface area contributed by atoms with Crippen LogP contribution in [0.4, 0.5) is 0 Å². The normalized spacial score (nSPS) is 20.9. The van der Waals surface area contributed by atoms with Crippen molar-refractivity contribution in [1.82, 2.24) is 0 Å². The van der Waals surface area contributed by atoms with Crippen LogP contribution in [-0.4, -0.2) is 0 Å². The van der Waals surface area contributed by atoms with E-state index in [1.165, 1.54) is 12.8 Å². The molecule has 1 fully saturated rings. The van der Waals surface area contributed by atoms with Gasteiger partial charge in [0.05, 0.1) is 11.5 Å². The largest absolute Gasteiger partial charge is 0.198 e. The van der Waals surface area contributed by atoms with Crippen molar-refractivity contribution >= 4 is 0 Å². The number of nitrogens with zero attached hydrogens (tertiary/aromatic N) is 1. The van der Waals surface area contributed by atoms with Gasteiger partial charge in [-0.2, -0.15) is 5.26 Å². The Labute approximate surface area is 69.4 Å². The van der Waals surface area contributed by atoms with E-state index in [9.17, 15) is 0 Å². The fourth-order valence-electron chi connectivity index (χ4n) is 1.59. The summed E-state index contributed by atoms with van der Waals surface area (Å²) in [7, 11) is 0. The molecule has 0 unspecified atom stereocenters. The zero-order chi connectivity index (χ0) is 8.32. The number of hydrogen-bond donors (Lipinski definition) is 0. The van der Waals surface area contributed by atoms with Crippen LogP contribution in [0.25, 0.3) is 0 Å². The quantitative estimate of drug-likeness (QED) is 0.608. The van der Waals surface area contributed by atoms with Gasteiger partial charge in [0.15, 0.2) is 0 Å². The molecule has 0 aromatic heterocycles. The van der Waals surface area contributed by atoms with Crippen LogP contribution in [0.1, 0.15) is 46.0 Å². The van der Waals surface area contributed by atoms with Crippen molar-refractivity contribution < 1.29 is 0 Å². The fraction of sp³-hybridized carbons (Fsp3) is 0.900. The fourth-order valence-corrected chi connectivity index (χ4v) is 1.59. The molecule has 1 aliphatic rings. The lowest BCUT2D eigenvalue weighted by Crippen LogP contribution is -2.27. The molecular formula is C10H17N. The van der Waals surface area contributed by atoms with Gasteiger partial charge in [0, 0.05) is 0 Å². The van der Waals surface area contributed by atoms with E-state index in [0.717, 1.165) is 25.2 Å². The van der Waals surface area contributed by atoms with Crippen LogP contribution in [0.2, 0.25) is 0 Å². The summed E-state index contributed by atoms with van der Waals surface area (Å²) in [6.45, 7) is 4.45. The zero-order valence-electron chi connectivity index (χ0n) is 7.56. The Morgan fingerprint density at radius 1 is 1.45 bits per heavy atom. The van der Waals surface area contributed by atoms with Crippen molar-refractivity contribution in [2.24, 2.45) is 11.3 Å². The maximum absolute atomic E-state index is 8.90. The van der Waals surface area contributed by atoms with Crippen molar-refractivity contribution in [1.29, 1.82) is 5.26 Å². The van der Waals surface area contributed by atoms with Gasteiger partial charge in [0.2, 0.25) is 0 Å². The highest BCUT2D eigenvalue weighted by Gasteiger charge is 2.36. The van der Waals surface area contributed by atoms with Crippen LogP contribution in [0, 0.1) is 22.7 Å². The average Bonchev–Trinajstić information content (AvgIpc) is 1.86. The van der Waals surface area contributed by atoms with Crippen LogP contribution in [0.5, 0.6) is 0 Å². The molecule has 1 nitrogen and oxygen atoms in total. The molecule has 0 atom stereocenters. The van der Waals surface area contributed by atoms with Gasteiger partial charge >= 0.3 is 0 Å². The third kappa shape index (κ3) is 1.96. The Kier molecular flexibility index (Phi) is 2.54. The lowest BCUT2D eigenvalue weighted by atomic mass is 9.66. The van der Waals surface area contributed by atoms with E-state index in [1.54, 1.807) is 0 Å². The summed E-state index contributed by atoms with van der Waals surface area (Å²) >= 11 is 0. The van der Waals surface area contributed by atoms with Crippen molar-refractivity contribution in [3.05, 3.63) is 0 Å². The average molecular weight is 151 g/mol. The van der Waals surface area contributed by atoms with Gasteiger partial charge in [-0.3, -0.25) is 0 Å². The summed E-state index contributed by atoms with van der Waals surface area (Å²) in [6, 6.07) is 2.47. The highest BCUT2D eigenvalue weighted by atomic mass is 14.4. The molecule has 1 heteroatoms. The van der Waals surface area contributed by atoms with Crippen molar-refractivity contribution in [2.45, 2.75) is 46.0 Å². The van der Waals surface area contributed by atoms with Crippen LogP contribution < -0.4 is 0 Å². The Hall–Kier alpha value is -0.510. The second-order valence-corrected chi connectivity index (χ2v) is 4.18. The Morgan fingerprint density at radius 2 is 2.09 bits per heavy atom. The molecule has 0 aromatic carbocycles. The molecule has 0 bridgehead atoms. The lowest BCUT2D eigenvalue weighted by molar-refractivity contribution is 0.185. The predicted octanol–water partition coefficient (Wildman–Crippen LogP) is 3.12. The topological polar surface area (TPSA) is 23.8 Å². The first kappa shape index (κ1) is 8.59. The van der Waals surface area contributed by atoms with Gasteiger partial charge < -0.3 is 0 Å². The summed E-state index contributed by atoms with van der Waals surface area (Å²) in [5, 5.41) is 8.90. The first-order valence-corrected chi connectivity index (χ1v) is 4.60.